The van der Waals surface area contributed by atoms with Crippen LogP contribution < -0.4 is 0 Å². The van der Waals surface area contributed by atoms with Gasteiger partial charge in [-0.15, -0.1) is 0 Å². The van der Waals surface area contributed by atoms with Crippen molar-refractivity contribution in [3.05, 3.63) is 59.4 Å². The highest BCUT2D eigenvalue weighted by atomic mass is 35.5. The standard InChI is InChI=1S/C22H19ClF3N5O/c1-12(2)7-10-31-19(21(25)26)13(11-29-31)20-17(22-27-8-4-9-28-22)18(30-32-20)16-14(23)5-3-6-15(16)24/h3-6,8-9,11-12,21H,7,10H2,1-2H3. The fourth-order valence-corrected chi connectivity index (χ4v) is 3.62. The number of aromatic nitrogens is 5. The molecule has 0 fully saturated rings. The predicted octanol–water partition coefficient (Wildman–Crippen LogP) is 6.44. The Kier molecular flexibility index (Phi) is 6.27. The lowest BCUT2D eigenvalue weighted by Gasteiger charge is -2.10. The van der Waals surface area contributed by atoms with Crippen LogP contribution in [-0.2, 0) is 6.54 Å². The van der Waals surface area contributed by atoms with Crippen molar-refractivity contribution in [3.63, 3.8) is 0 Å². The van der Waals surface area contributed by atoms with Gasteiger partial charge in [0.25, 0.3) is 6.43 Å². The fourth-order valence-electron chi connectivity index (χ4n) is 3.36. The minimum atomic E-state index is -2.82. The number of benzene rings is 1. The average molecular weight is 462 g/mol. The molecular weight excluding hydrogens is 443 g/mol. The Labute approximate surface area is 187 Å². The van der Waals surface area contributed by atoms with Crippen molar-refractivity contribution in [2.24, 2.45) is 5.92 Å². The summed E-state index contributed by atoms with van der Waals surface area (Å²) in [7, 11) is 0. The van der Waals surface area contributed by atoms with Crippen molar-refractivity contribution in [2.45, 2.75) is 33.2 Å². The van der Waals surface area contributed by atoms with Gasteiger partial charge >= 0.3 is 0 Å². The van der Waals surface area contributed by atoms with Crippen molar-refractivity contribution in [2.75, 3.05) is 0 Å². The van der Waals surface area contributed by atoms with Gasteiger partial charge in [-0.2, -0.15) is 5.10 Å². The first-order valence-corrected chi connectivity index (χ1v) is 10.3. The van der Waals surface area contributed by atoms with Gasteiger partial charge in [-0.05, 0) is 30.5 Å². The normalized spacial score (nSPS) is 11.6. The van der Waals surface area contributed by atoms with E-state index in [0.717, 1.165) is 0 Å². The van der Waals surface area contributed by atoms with Crippen LogP contribution >= 0.6 is 11.6 Å². The molecule has 0 atom stereocenters. The number of hydrogen-bond donors (Lipinski definition) is 0. The smallest absolute Gasteiger partial charge is 0.280 e. The summed E-state index contributed by atoms with van der Waals surface area (Å²) in [5, 5.41) is 8.22. The molecule has 6 nitrogen and oxygen atoms in total. The molecule has 0 aliphatic rings. The number of alkyl halides is 2. The van der Waals surface area contributed by atoms with Crippen LogP contribution in [0.2, 0.25) is 5.02 Å². The molecule has 0 aliphatic carbocycles. The van der Waals surface area contributed by atoms with Crippen LogP contribution in [0.25, 0.3) is 34.0 Å². The minimum Gasteiger partial charge on any atom is -0.355 e. The van der Waals surface area contributed by atoms with Crippen LogP contribution in [0.4, 0.5) is 13.2 Å². The Morgan fingerprint density at radius 3 is 2.50 bits per heavy atom. The molecule has 0 unspecified atom stereocenters. The summed E-state index contributed by atoms with van der Waals surface area (Å²) in [6.45, 7) is 4.31. The van der Waals surface area contributed by atoms with Gasteiger partial charge < -0.3 is 4.52 Å². The number of aryl methyl sites for hydroxylation is 1. The van der Waals surface area contributed by atoms with Crippen LogP contribution in [0, 0.1) is 11.7 Å². The first-order valence-electron chi connectivity index (χ1n) is 9.94. The third-order valence-electron chi connectivity index (χ3n) is 4.93. The molecule has 0 bridgehead atoms. The van der Waals surface area contributed by atoms with Crippen molar-refractivity contribution in [3.8, 4) is 34.0 Å². The Morgan fingerprint density at radius 1 is 1.09 bits per heavy atom. The van der Waals surface area contributed by atoms with E-state index < -0.39 is 12.2 Å². The quantitative estimate of drug-likeness (QED) is 0.317. The molecule has 0 aliphatic heterocycles. The lowest BCUT2D eigenvalue weighted by Crippen LogP contribution is -2.08. The van der Waals surface area contributed by atoms with Gasteiger partial charge in [0.1, 0.15) is 17.2 Å². The van der Waals surface area contributed by atoms with E-state index in [1.54, 1.807) is 6.07 Å². The van der Waals surface area contributed by atoms with Gasteiger partial charge in [0.15, 0.2) is 11.6 Å². The van der Waals surface area contributed by atoms with E-state index in [4.69, 9.17) is 16.1 Å². The molecule has 10 heteroatoms. The third kappa shape index (κ3) is 4.12. The number of hydrogen-bond acceptors (Lipinski definition) is 5. The Hall–Kier alpha value is -3.20. The lowest BCUT2D eigenvalue weighted by atomic mass is 10.0. The molecule has 0 saturated carbocycles. The molecule has 3 aromatic heterocycles. The molecule has 166 valence electrons. The molecule has 0 saturated heterocycles. The number of rotatable bonds is 7. The highest BCUT2D eigenvalue weighted by molar-refractivity contribution is 6.33. The second-order valence-corrected chi connectivity index (χ2v) is 7.96. The van der Waals surface area contributed by atoms with E-state index in [0.29, 0.717) is 18.9 Å². The predicted molar refractivity (Wildman–Crippen MR) is 114 cm³/mol. The molecule has 4 aromatic rings. The van der Waals surface area contributed by atoms with Crippen LogP contribution in [0.1, 0.15) is 32.4 Å². The topological polar surface area (TPSA) is 69.6 Å². The summed E-state index contributed by atoms with van der Waals surface area (Å²) in [6, 6.07) is 5.77. The molecule has 4 rings (SSSR count). The SMILES string of the molecule is CC(C)CCn1ncc(-c2onc(-c3c(F)cccc3Cl)c2-c2ncccn2)c1C(F)F. The molecule has 0 radical (unpaired) electrons. The monoisotopic (exact) mass is 461 g/mol. The molecule has 0 amide bonds. The summed E-state index contributed by atoms with van der Waals surface area (Å²) in [5.74, 6) is -0.234. The molecule has 32 heavy (non-hydrogen) atoms. The first kappa shape index (κ1) is 22.0. The van der Waals surface area contributed by atoms with Gasteiger partial charge in [0.2, 0.25) is 0 Å². The van der Waals surface area contributed by atoms with Crippen molar-refractivity contribution >= 4 is 11.6 Å². The lowest BCUT2D eigenvalue weighted by molar-refractivity contribution is 0.138. The highest BCUT2D eigenvalue weighted by Crippen LogP contribution is 2.43. The Bertz CT molecular complexity index is 1200. The zero-order valence-electron chi connectivity index (χ0n) is 17.3. The molecule has 0 spiro atoms. The van der Waals surface area contributed by atoms with E-state index in [-0.39, 0.29) is 44.7 Å². The molecule has 1 aromatic carbocycles. The zero-order chi connectivity index (χ0) is 22.8. The first-order chi connectivity index (χ1) is 15.4. The van der Waals surface area contributed by atoms with Crippen LogP contribution in [0.5, 0.6) is 0 Å². The molecule has 3 heterocycles. The maximum Gasteiger partial charge on any atom is 0.280 e. The Balaban J connectivity index is 1.95. The van der Waals surface area contributed by atoms with Crippen molar-refractivity contribution in [1.29, 1.82) is 0 Å². The fraction of sp³-hybridized carbons (Fsp3) is 0.273. The second kappa shape index (κ2) is 9.12. The van der Waals surface area contributed by atoms with Gasteiger partial charge in [0, 0.05) is 18.9 Å². The van der Waals surface area contributed by atoms with E-state index in [2.05, 4.69) is 20.2 Å². The van der Waals surface area contributed by atoms with Gasteiger partial charge in [-0.25, -0.2) is 23.1 Å². The maximum atomic E-state index is 14.7. The highest BCUT2D eigenvalue weighted by Gasteiger charge is 2.31. The van der Waals surface area contributed by atoms with Gasteiger partial charge in [-0.1, -0.05) is 36.7 Å². The summed E-state index contributed by atoms with van der Waals surface area (Å²) in [5.41, 5.74) is -0.132. The van der Waals surface area contributed by atoms with Gasteiger partial charge in [0.05, 0.1) is 27.9 Å². The molecule has 0 N–H and O–H groups in total. The van der Waals surface area contributed by atoms with Crippen molar-refractivity contribution < 1.29 is 17.7 Å². The summed E-state index contributed by atoms with van der Waals surface area (Å²) in [6.07, 6.45) is 2.09. The second-order valence-electron chi connectivity index (χ2n) is 7.55. The van der Waals surface area contributed by atoms with E-state index in [1.807, 2.05) is 13.8 Å². The number of halogens is 4. The van der Waals surface area contributed by atoms with Gasteiger partial charge in [-0.3, -0.25) is 4.68 Å². The minimum absolute atomic E-state index is 0.0180. The number of nitrogens with zero attached hydrogens (tertiary/aromatic N) is 5. The zero-order valence-corrected chi connectivity index (χ0v) is 18.0. The summed E-state index contributed by atoms with van der Waals surface area (Å²) in [4.78, 5) is 8.40. The third-order valence-corrected chi connectivity index (χ3v) is 5.25. The molecular formula is C22H19ClF3N5O. The van der Waals surface area contributed by atoms with E-state index in [9.17, 15) is 13.2 Å². The Morgan fingerprint density at radius 2 is 1.84 bits per heavy atom. The summed E-state index contributed by atoms with van der Waals surface area (Å²) >= 11 is 6.24. The largest absolute Gasteiger partial charge is 0.355 e. The van der Waals surface area contributed by atoms with Crippen molar-refractivity contribution in [1.82, 2.24) is 24.9 Å². The average Bonchev–Trinajstić information content (AvgIpc) is 3.37. The maximum absolute atomic E-state index is 14.7. The van der Waals surface area contributed by atoms with E-state index in [1.165, 1.54) is 41.5 Å². The van der Waals surface area contributed by atoms with Crippen LogP contribution in [-0.4, -0.2) is 24.9 Å². The van der Waals surface area contributed by atoms with Crippen LogP contribution in [0.15, 0.2) is 47.4 Å². The van der Waals surface area contributed by atoms with Crippen LogP contribution in [0.3, 0.4) is 0 Å². The van der Waals surface area contributed by atoms with E-state index >= 15 is 0 Å². The summed E-state index contributed by atoms with van der Waals surface area (Å²) < 4.78 is 49.6.